The number of amides is 2. The number of rotatable bonds is 10. The van der Waals surface area contributed by atoms with Crippen LogP contribution in [0.25, 0.3) is 0 Å². The summed E-state index contributed by atoms with van der Waals surface area (Å²) in [7, 11) is -4.25. The number of hydrogen-bond acceptors (Lipinski definition) is 4. The molecule has 0 heterocycles. The molecule has 0 radical (unpaired) electrons. The molecule has 1 fully saturated rings. The largest absolute Gasteiger partial charge is 0.416 e. The minimum absolute atomic E-state index is 0.00995. The zero-order chi connectivity index (χ0) is 29.7. The van der Waals surface area contributed by atoms with Crippen LogP contribution in [0.2, 0.25) is 5.02 Å². The molecule has 3 rings (SSSR count). The number of hydrogen-bond donors (Lipinski definition) is 1. The van der Waals surface area contributed by atoms with Crippen LogP contribution < -0.4 is 9.62 Å². The molecule has 220 valence electrons. The Morgan fingerprint density at radius 2 is 1.75 bits per heavy atom. The topological polar surface area (TPSA) is 86.8 Å². The number of sulfonamides is 1. The van der Waals surface area contributed by atoms with Crippen LogP contribution in [-0.2, 0) is 32.3 Å². The quantitative estimate of drug-likeness (QED) is 0.379. The number of alkyl halides is 3. The van der Waals surface area contributed by atoms with Crippen molar-refractivity contribution in [1.29, 1.82) is 0 Å². The molecule has 0 aromatic heterocycles. The third-order valence-electron chi connectivity index (χ3n) is 7.16. The molecular formula is C28H35ClF3N3O4S. The average Bonchev–Trinajstić information content (AvgIpc) is 2.88. The van der Waals surface area contributed by atoms with Crippen LogP contribution in [0.4, 0.5) is 18.9 Å². The number of carbonyl (C=O) groups is 2. The van der Waals surface area contributed by atoms with Gasteiger partial charge in [-0.2, -0.15) is 13.2 Å². The molecule has 1 saturated carbocycles. The molecule has 2 aromatic rings. The van der Waals surface area contributed by atoms with E-state index in [1.165, 1.54) is 4.90 Å². The molecule has 2 amide bonds. The van der Waals surface area contributed by atoms with Gasteiger partial charge in [-0.1, -0.05) is 62.1 Å². The second-order valence-electron chi connectivity index (χ2n) is 10.1. The molecule has 0 aliphatic heterocycles. The van der Waals surface area contributed by atoms with Crippen LogP contribution in [0.1, 0.15) is 62.1 Å². The molecule has 0 bridgehead atoms. The molecule has 2 aromatic carbocycles. The first-order chi connectivity index (χ1) is 18.7. The van der Waals surface area contributed by atoms with E-state index in [-0.39, 0.29) is 29.9 Å². The fourth-order valence-electron chi connectivity index (χ4n) is 4.91. The summed E-state index contributed by atoms with van der Waals surface area (Å²) in [5, 5.41) is 2.78. The fourth-order valence-corrected chi connectivity index (χ4v) is 6.03. The third-order valence-corrected chi connectivity index (χ3v) is 8.61. The number of halogens is 4. The van der Waals surface area contributed by atoms with Crippen molar-refractivity contribution in [1.82, 2.24) is 10.2 Å². The van der Waals surface area contributed by atoms with E-state index in [9.17, 15) is 31.2 Å². The number of carbonyl (C=O) groups excluding carboxylic acids is 2. The minimum Gasteiger partial charge on any atom is -0.352 e. The fraction of sp³-hybridized carbons (Fsp3) is 0.500. The Balaban J connectivity index is 2.00. The normalized spacial score (nSPS) is 15.4. The van der Waals surface area contributed by atoms with Crippen molar-refractivity contribution >= 4 is 39.1 Å². The molecule has 1 N–H and O–H groups in total. The van der Waals surface area contributed by atoms with Crippen molar-refractivity contribution in [2.75, 3.05) is 17.1 Å². The second kappa shape index (κ2) is 13.2. The van der Waals surface area contributed by atoms with Crippen LogP contribution in [-0.4, -0.2) is 50.0 Å². The Kier molecular flexibility index (Phi) is 10.5. The first-order valence-electron chi connectivity index (χ1n) is 13.2. The smallest absolute Gasteiger partial charge is 0.352 e. The lowest BCUT2D eigenvalue weighted by Gasteiger charge is -2.34. The number of aryl methyl sites for hydroxylation is 1. The maximum atomic E-state index is 13.9. The summed E-state index contributed by atoms with van der Waals surface area (Å²) >= 11 is 6.15. The van der Waals surface area contributed by atoms with Crippen molar-refractivity contribution in [2.45, 2.75) is 77.2 Å². The Morgan fingerprint density at radius 3 is 2.33 bits per heavy atom. The van der Waals surface area contributed by atoms with E-state index in [0.29, 0.717) is 10.4 Å². The summed E-state index contributed by atoms with van der Waals surface area (Å²) in [5.41, 5.74) is 0.0393. The molecule has 1 aliphatic rings. The van der Waals surface area contributed by atoms with Crippen LogP contribution in [0.15, 0.2) is 42.5 Å². The van der Waals surface area contributed by atoms with Crippen molar-refractivity contribution in [3.8, 4) is 0 Å². The van der Waals surface area contributed by atoms with Gasteiger partial charge in [0.05, 0.1) is 22.5 Å². The third kappa shape index (κ3) is 8.13. The van der Waals surface area contributed by atoms with E-state index in [2.05, 4.69) is 5.32 Å². The van der Waals surface area contributed by atoms with Gasteiger partial charge in [-0.15, -0.1) is 0 Å². The summed E-state index contributed by atoms with van der Waals surface area (Å²) < 4.78 is 66.4. The van der Waals surface area contributed by atoms with Gasteiger partial charge in [0.2, 0.25) is 21.8 Å². The van der Waals surface area contributed by atoms with Crippen LogP contribution in [0, 0.1) is 6.92 Å². The first-order valence-corrected chi connectivity index (χ1v) is 15.4. The molecule has 1 aliphatic carbocycles. The van der Waals surface area contributed by atoms with Crippen LogP contribution >= 0.6 is 11.6 Å². The Morgan fingerprint density at radius 1 is 1.10 bits per heavy atom. The lowest BCUT2D eigenvalue weighted by Crippen LogP contribution is -2.54. The highest BCUT2D eigenvalue weighted by Gasteiger charge is 2.35. The summed E-state index contributed by atoms with van der Waals surface area (Å²) in [5.74, 6) is -1.09. The van der Waals surface area contributed by atoms with Crippen molar-refractivity contribution in [3.63, 3.8) is 0 Å². The van der Waals surface area contributed by atoms with Gasteiger partial charge in [0, 0.05) is 12.6 Å². The predicted octanol–water partition coefficient (Wildman–Crippen LogP) is 5.69. The summed E-state index contributed by atoms with van der Waals surface area (Å²) in [6.07, 6.45) is 1.04. The molecular weight excluding hydrogens is 567 g/mol. The number of nitrogens with one attached hydrogen (secondary N) is 1. The van der Waals surface area contributed by atoms with E-state index in [4.69, 9.17) is 11.6 Å². The number of anilines is 1. The highest BCUT2D eigenvalue weighted by molar-refractivity contribution is 7.92. The predicted molar refractivity (Wildman–Crippen MR) is 149 cm³/mol. The van der Waals surface area contributed by atoms with E-state index in [1.807, 2.05) is 19.1 Å². The summed E-state index contributed by atoms with van der Waals surface area (Å²) in [6.45, 7) is 2.78. The maximum absolute atomic E-state index is 13.9. The summed E-state index contributed by atoms with van der Waals surface area (Å²) in [6, 6.07) is 8.63. The van der Waals surface area contributed by atoms with E-state index in [1.54, 1.807) is 19.1 Å². The molecule has 0 saturated heterocycles. The molecule has 0 unspecified atom stereocenters. The van der Waals surface area contributed by atoms with Gasteiger partial charge in [-0.05, 0) is 55.5 Å². The second-order valence-corrected chi connectivity index (χ2v) is 12.5. The zero-order valence-corrected chi connectivity index (χ0v) is 24.4. The molecule has 1 atom stereocenters. The van der Waals surface area contributed by atoms with Gasteiger partial charge >= 0.3 is 6.18 Å². The van der Waals surface area contributed by atoms with Crippen molar-refractivity contribution in [2.24, 2.45) is 0 Å². The molecule has 40 heavy (non-hydrogen) atoms. The molecule has 0 spiro atoms. The molecule has 7 nitrogen and oxygen atoms in total. The first kappa shape index (κ1) is 31.7. The van der Waals surface area contributed by atoms with Gasteiger partial charge in [0.15, 0.2) is 0 Å². The average molecular weight is 602 g/mol. The monoisotopic (exact) mass is 601 g/mol. The van der Waals surface area contributed by atoms with E-state index >= 15 is 0 Å². The lowest BCUT2D eigenvalue weighted by molar-refractivity contribution is -0.140. The Hall–Kier alpha value is -2.79. The van der Waals surface area contributed by atoms with Gasteiger partial charge in [0.25, 0.3) is 0 Å². The van der Waals surface area contributed by atoms with Crippen LogP contribution in [0.5, 0.6) is 0 Å². The zero-order valence-electron chi connectivity index (χ0n) is 22.8. The van der Waals surface area contributed by atoms with Crippen molar-refractivity contribution < 1.29 is 31.2 Å². The highest BCUT2D eigenvalue weighted by Crippen LogP contribution is 2.36. The van der Waals surface area contributed by atoms with E-state index < -0.39 is 45.9 Å². The highest BCUT2D eigenvalue weighted by atomic mass is 35.5. The standard InChI is InChI=1S/C28H35ClF3N3O4S/c1-4-24(27(37)33-22-12-6-5-7-13-22)34(17-20-11-9-8-10-19(20)2)26(36)18-35(40(3,38)39)25-16-21(28(30,31)32)14-15-23(25)29/h8-11,14-16,22,24H,4-7,12-13,17-18H2,1-3H3,(H,33,37)/t24-/m0/s1. The van der Waals surface area contributed by atoms with Crippen LogP contribution in [0.3, 0.4) is 0 Å². The maximum Gasteiger partial charge on any atom is 0.416 e. The Labute approximate surface area is 238 Å². The number of benzene rings is 2. The number of nitrogens with zero attached hydrogens (tertiary/aromatic N) is 2. The molecule has 12 heteroatoms. The SMILES string of the molecule is CC[C@@H](C(=O)NC1CCCCC1)N(Cc1ccccc1C)C(=O)CN(c1cc(C(F)(F)F)ccc1Cl)S(C)(=O)=O. The van der Waals surface area contributed by atoms with E-state index in [0.717, 1.165) is 61.6 Å². The van der Waals surface area contributed by atoms with Gasteiger partial charge in [-0.3, -0.25) is 13.9 Å². The van der Waals surface area contributed by atoms with Gasteiger partial charge in [0.1, 0.15) is 12.6 Å². The lowest BCUT2D eigenvalue weighted by atomic mass is 9.95. The van der Waals surface area contributed by atoms with Crippen molar-refractivity contribution in [3.05, 3.63) is 64.2 Å². The summed E-state index contributed by atoms with van der Waals surface area (Å²) in [4.78, 5) is 28.6. The Bertz CT molecular complexity index is 1310. The van der Waals surface area contributed by atoms with Gasteiger partial charge < -0.3 is 10.2 Å². The minimum atomic E-state index is -4.76. The van der Waals surface area contributed by atoms with Gasteiger partial charge in [-0.25, -0.2) is 8.42 Å².